The molecule has 0 bridgehead atoms. The first-order valence-electron chi connectivity index (χ1n) is 1.99. The van der Waals surface area contributed by atoms with Crippen molar-refractivity contribution in [1.29, 1.82) is 0 Å². The Morgan fingerprint density at radius 2 is 1.43 bits per heavy atom. The lowest BCUT2D eigenvalue weighted by Crippen LogP contribution is -1.88. The molecule has 0 N–H and O–H groups in total. The number of hydrogen-bond donors (Lipinski definition) is 0. The molecule has 2 atom stereocenters. The molecular formula is C3H6O2S2. The van der Waals surface area contributed by atoms with E-state index in [0.717, 1.165) is 0 Å². The van der Waals surface area contributed by atoms with Crippen LogP contribution in [-0.4, -0.2) is 25.0 Å². The van der Waals surface area contributed by atoms with Gasteiger partial charge in [-0.3, -0.25) is 8.42 Å². The van der Waals surface area contributed by atoms with Crippen LogP contribution < -0.4 is 0 Å². The Morgan fingerprint density at radius 1 is 1.00 bits per heavy atom. The summed E-state index contributed by atoms with van der Waals surface area (Å²) >= 11 is 0. The van der Waals surface area contributed by atoms with Crippen molar-refractivity contribution >= 4 is 21.6 Å². The summed E-state index contributed by atoms with van der Waals surface area (Å²) in [5.74, 6) is 1.29. The maximum Gasteiger partial charge on any atom is 0.0992 e. The molecule has 1 saturated heterocycles. The lowest BCUT2D eigenvalue weighted by molar-refractivity contribution is 0.686. The van der Waals surface area contributed by atoms with Gasteiger partial charge in [-0.15, -0.1) is 0 Å². The first-order chi connectivity index (χ1) is 3.29. The van der Waals surface area contributed by atoms with Gasteiger partial charge in [-0.2, -0.15) is 0 Å². The summed E-state index contributed by atoms with van der Waals surface area (Å²) in [6.45, 7) is 0. The molecule has 0 radical (unpaired) electrons. The summed E-state index contributed by atoms with van der Waals surface area (Å²) in [5.41, 5.74) is 0. The third-order valence-electron chi connectivity index (χ3n) is 0.802. The molecule has 2 nitrogen and oxygen atoms in total. The molecule has 7 heavy (non-hydrogen) atoms. The van der Waals surface area contributed by atoms with Gasteiger partial charge in [0.25, 0.3) is 0 Å². The summed E-state index contributed by atoms with van der Waals surface area (Å²) in [4.78, 5) is 0. The van der Waals surface area contributed by atoms with Crippen molar-refractivity contribution in [3.63, 3.8) is 0 Å². The van der Waals surface area contributed by atoms with Crippen molar-refractivity contribution < 1.29 is 8.42 Å². The zero-order chi connectivity index (χ0) is 5.28. The standard InChI is InChI=1S/C3H6O2S2/c4-6-1-2-7(5)3-6/h1-3H2/t6-,7-/m1/s1. The predicted molar refractivity (Wildman–Crippen MR) is 30.9 cm³/mol. The highest BCUT2D eigenvalue weighted by Gasteiger charge is 2.14. The molecule has 0 saturated carbocycles. The predicted octanol–water partition coefficient (Wildman–Crippen LogP) is -0.545. The molecule has 0 spiro atoms. The van der Waals surface area contributed by atoms with E-state index in [9.17, 15) is 8.42 Å². The Balaban J connectivity index is 2.55. The first kappa shape index (κ1) is 5.44. The van der Waals surface area contributed by atoms with Gasteiger partial charge in [-0.05, 0) is 0 Å². The van der Waals surface area contributed by atoms with Crippen molar-refractivity contribution in [2.75, 3.05) is 16.6 Å². The van der Waals surface area contributed by atoms with E-state index in [1.807, 2.05) is 0 Å². The van der Waals surface area contributed by atoms with Crippen molar-refractivity contribution in [3.8, 4) is 0 Å². The van der Waals surface area contributed by atoms with E-state index >= 15 is 0 Å². The zero-order valence-corrected chi connectivity index (χ0v) is 5.39. The molecule has 0 aliphatic carbocycles. The third-order valence-corrected chi connectivity index (χ3v) is 4.48. The fourth-order valence-corrected chi connectivity index (χ4v) is 4.05. The van der Waals surface area contributed by atoms with Gasteiger partial charge in [0.1, 0.15) is 0 Å². The molecule has 42 valence electrons. The molecule has 0 unspecified atom stereocenters. The highest BCUT2D eigenvalue weighted by atomic mass is 32.2. The van der Waals surface area contributed by atoms with Gasteiger partial charge in [0.05, 0.1) is 5.08 Å². The van der Waals surface area contributed by atoms with E-state index in [4.69, 9.17) is 0 Å². The van der Waals surface area contributed by atoms with Crippen molar-refractivity contribution in [2.24, 2.45) is 0 Å². The Labute approximate surface area is 47.2 Å². The van der Waals surface area contributed by atoms with Crippen molar-refractivity contribution in [2.45, 2.75) is 0 Å². The van der Waals surface area contributed by atoms with E-state index in [0.29, 0.717) is 16.6 Å². The van der Waals surface area contributed by atoms with Crippen LogP contribution in [0.15, 0.2) is 0 Å². The molecule has 0 amide bonds. The van der Waals surface area contributed by atoms with E-state index < -0.39 is 21.6 Å². The van der Waals surface area contributed by atoms with Gasteiger partial charge in [0.15, 0.2) is 0 Å². The number of rotatable bonds is 0. The monoisotopic (exact) mass is 138 g/mol. The highest BCUT2D eigenvalue weighted by molar-refractivity contribution is 8.05. The molecule has 1 aliphatic rings. The fourth-order valence-electron chi connectivity index (χ4n) is 0.450. The van der Waals surface area contributed by atoms with Gasteiger partial charge in [-0.25, -0.2) is 0 Å². The summed E-state index contributed by atoms with van der Waals surface area (Å²) in [5, 5.41) is 0.417. The van der Waals surface area contributed by atoms with Gasteiger partial charge in [-0.1, -0.05) is 0 Å². The smallest absolute Gasteiger partial charge is 0.0992 e. The molecule has 0 aromatic heterocycles. The van der Waals surface area contributed by atoms with Crippen LogP contribution in [0.25, 0.3) is 0 Å². The Bertz CT molecular complexity index is 106. The minimum atomic E-state index is -0.753. The molecule has 0 aromatic rings. The van der Waals surface area contributed by atoms with E-state index in [1.54, 1.807) is 0 Å². The molecule has 1 heterocycles. The molecule has 4 heteroatoms. The van der Waals surface area contributed by atoms with Crippen LogP contribution in [-0.2, 0) is 21.6 Å². The van der Waals surface area contributed by atoms with Crippen LogP contribution in [0.2, 0.25) is 0 Å². The quantitative estimate of drug-likeness (QED) is 0.450. The summed E-state index contributed by atoms with van der Waals surface area (Å²) in [6, 6.07) is 0. The van der Waals surface area contributed by atoms with Crippen molar-refractivity contribution in [1.82, 2.24) is 0 Å². The maximum absolute atomic E-state index is 10.4. The molecule has 0 aromatic carbocycles. The van der Waals surface area contributed by atoms with Gasteiger partial charge in [0, 0.05) is 33.1 Å². The molecule has 1 rings (SSSR count). The normalized spacial score (nSPS) is 41.7. The average molecular weight is 138 g/mol. The topological polar surface area (TPSA) is 34.1 Å². The van der Waals surface area contributed by atoms with Gasteiger partial charge >= 0.3 is 0 Å². The summed E-state index contributed by atoms with van der Waals surface area (Å²) in [7, 11) is -1.51. The minimum Gasteiger partial charge on any atom is -0.259 e. The lowest BCUT2D eigenvalue weighted by Gasteiger charge is -1.74. The molecular weight excluding hydrogens is 132 g/mol. The second kappa shape index (κ2) is 2.05. The Morgan fingerprint density at radius 3 is 1.57 bits per heavy atom. The number of hydrogen-bond acceptors (Lipinski definition) is 2. The van der Waals surface area contributed by atoms with Crippen LogP contribution in [0.4, 0.5) is 0 Å². The second-order valence-corrected chi connectivity index (χ2v) is 4.92. The highest BCUT2D eigenvalue weighted by Crippen LogP contribution is 1.98. The minimum absolute atomic E-state index is 0.417. The Kier molecular flexibility index (Phi) is 1.59. The zero-order valence-electron chi connectivity index (χ0n) is 3.75. The molecule has 1 fully saturated rings. The lowest BCUT2D eigenvalue weighted by atomic mass is 11.0. The van der Waals surface area contributed by atoms with Gasteiger partial charge < -0.3 is 0 Å². The van der Waals surface area contributed by atoms with Crippen LogP contribution in [0.3, 0.4) is 0 Å². The van der Waals surface area contributed by atoms with Crippen LogP contribution >= 0.6 is 0 Å². The second-order valence-electron chi connectivity index (χ2n) is 1.41. The largest absolute Gasteiger partial charge is 0.259 e. The average Bonchev–Trinajstić information content (AvgIpc) is 1.87. The maximum atomic E-state index is 10.4. The Hall–Kier alpha value is 0.300. The third kappa shape index (κ3) is 1.35. The summed E-state index contributed by atoms with van der Waals surface area (Å²) < 4.78 is 20.7. The van der Waals surface area contributed by atoms with Gasteiger partial charge in [0.2, 0.25) is 0 Å². The first-order valence-corrected chi connectivity index (χ1v) is 4.96. The van der Waals surface area contributed by atoms with Crippen molar-refractivity contribution in [3.05, 3.63) is 0 Å². The molecule has 1 aliphatic heterocycles. The summed E-state index contributed by atoms with van der Waals surface area (Å²) in [6.07, 6.45) is 0. The van der Waals surface area contributed by atoms with Crippen LogP contribution in [0.5, 0.6) is 0 Å². The van der Waals surface area contributed by atoms with E-state index in [-0.39, 0.29) is 0 Å². The SMILES string of the molecule is O=[S@@]1CC[S@@](=O)C1. The van der Waals surface area contributed by atoms with E-state index in [1.165, 1.54) is 0 Å². The van der Waals surface area contributed by atoms with Crippen LogP contribution in [0, 0.1) is 0 Å². The fraction of sp³-hybridized carbons (Fsp3) is 1.00. The van der Waals surface area contributed by atoms with E-state index in [2.05, 4.69) is 0 Å². The van der Waals surface area contributed by atoms with Crippen LogP contribution in [0.1, 0.15) is 0 Å².